The number of carboxylic acid groups (broad SMARTS) is 1. The molecule has 0 saturated heterocycles. The van der Waals surface area contributed by atoms with E-state index in [2.05, 4.69) is 5.32 Å². The summed E-state index contributed by atoms with van der Waals surface area (Å²) in [4.78, 5) is 21.7. The fourth-order valence-electron chi connectivity index (χ4n) is 1.02. The van der Waals surface area contributed by atoms with Crippen LogP contribution in [-0.4, -0.2) is 35.0 Å². The molecule has 0 heterocycles. The molecule has 1 atom stereocenters. The Balaban J connectivity index is 4.09. The van der Waals surface area contributed by atoms with Crippen molar-refractivity contribution in [1.29, 1.82) is 0 Å². The number of thioether (sulfide) groups is 1. The third-order valence-electron chi connectivity index (χ3n) is 1.82. The SMILES string of the molecule is CSCC(=O)NC(CC(=O)O)C(C)C. The zero-order valence-electron chi connectivity index (χ0n) is 8.74. The summed E-state index contributed by atoms with van der Waals surface area (Å²) in [7, 11) is 0. The van der Waals surface area contributed by atoms with Gasteiger partial charge in [-0.1, -0.05) is 13.8 Å². The first kappa shape index (κ1) is 13.3. The van der Waals surface area contributed by atoms with Gasteiger partial charge in [-0.05, 0) is 12.2 Å². The van der Waals surface area contributed by atoms with E-state index in [9.17, 15) is 9.59 Å². The number of carboxylic acids is 1. The minimum absolute atomic E-state index is 0.0161. The molecule has 0 bridgehead atoms. The van der Waals surface area contributed by atoms with Gasteiger partial charge in [0.2, 0.25) is 5.91 Å². The van der Waals surface area contributed by atoms with Crippen LogP contribution in [0, 0.1) is 5.92 Å². The lowest BCUT2D eigenvalue weighted by Gasteiger charge is -2.20. The van der Waals surface area contributed by atoms with E-state index in [0.717, 1.165) is 0 Å². The summed E-state index contributed by atoms with van der Waals surface area (Å²) in [6.07, 6.45) is 1.82. The zero-order valence-corrected chi connectivity index (χ0v) is 9.56. The molecule has 0 aromatic carbocycles. The molecule has 0 aliphatic heterocycles. The molecule has 0 aromatic rings. The standard InChI is InChI=1S/C9H17NO3S/c1-6(2)7(4-9(12)13)10-8(11)5-14-3/h6-7H,4-5H2,1-3H3,(H,10,11)(H,12,13). The Bertz CT molecular complexity index is 206. The summed E-state index contributed by atoms with van der Waals surface area (Å²) in [5, 5.41) is 11.3. The molecular weight excluding hydrogens is 202 g/mol. The number of rotatable bonds is 6. The van der Waals surface area contributed by atoms with Gasteiger partial charge in [0.05, 0.1) is 12.2 Å². The molecule has 1 unspecified atom stereocenters. The van der Waals surface area contributed by atoms with Crippen molar-refractivity contribution in [2.75, 3.05) is 12.0 Å². The van der Waals surface area contributed by atoms with Gasteiger partial charge < -0.3 is 10.4 Å². The summed E-state index contributed by atoms with van der Waals surface area (Å²) in [6.45, 7) is 3.79. The Morgan fingerprint density at radius 3 is 2.36 bits per heavy atom. The Morgan fingerprint density at radius 2 is 2.00 bits per heavy atom. The van der Waals surface area contributed by atoms with Crippen molar-refractivity contribution in [2.45, 2.75) is 26.3 Å². The van der Waals surface area contributed by atoms with Crippen LogP contribution >= 0.6 is 11.8 Å². The number of amides is 1. The molecule has 0 rings (SSSR count). The van der Waals surface area contributed by atoms with Gasteiger partial charge in [0, 0.05) is 6.04 Å². The van der Waals surface area contributed by atoms with E-state index in [0.29, 0.717) is 5.75 Å². The monoisotopic (exact) mass is 219 g/mol. The molecule has 0 saturated carbocycles. The summed E-state index contributed by atoms with van der Waals surface area (Å²) in [5.41, 5.74) is 0. The molecule has 14 heavy (non-hydrogen) atoms. The molecule has 4 nitrogen and oxygen atoms in total. The van der Waals surface area contributed by atoms with E-state index >= 15 is 0 Å². The van der Waals surface area contributed by atoms with E-state index in [1.54, 1.807) is 0 Å². The van der Waals surface area contributed by atoms with Gasteiger partial charge in [-0.3, -0.25) is 9.59 Å². The van der Waals surface area contributed by atoms with Crippen molar-refractivity contribution in [2.24, 2.45) is 5.92 Å². The van der Waals surface area contributed by atoms with Crippen molar-refractivity contribution in [3.63, 3.8) is 0 Å². The first-order valence-corrected chi connectivity index (χ1v) is 5.86. The molecule has 0 radical (unpaired) electrons. The van der Waals surface area contributed by atoms with Crippen LogP contribution in [0.4, 0.5) is 0 Å². The second-order valence-electron chi connectivity index (χ2n) is 3.45. The van der Waals surface area contributed by atoms with Gasteiger partial charge in [-0.25, -0.2) is 0 Å². The fourth-order valence-corrected chi connectivity index (χ4v) is 1.37. The number of aliphatic carboxylic acids is 1. The van der Waals surface area contributed by atoms with E-state index in [1.807, 2.05) is 20.1 Å². The summed E-state index contributed by atoms with van der Waals surface area (Å²) >= 11 is 1.42. The van der Waals surface area contributed by atoms with Crippen molar-refractivity contribution >= 4 is 23.6 Å². The molecule has 0 spiro atoms. The van der Waals surface area contributed by atoms with E-state index in [-0.39, 0.29) is 24.3 Å². The van der Waals surface area contributed by atoms with Gasteiger partial charge in [0.1, 0.15) is 0 Å². The van der Waals surface area contributed by atoms with E-state index < -0.39 is 5.97 Å². The van der Waals surface area contributed by atoms with Gasteiger partial charge >= 0.3 is 5.97 Å². The van der Waals surface area contributed by atoms with Crippen LogP contribution in [-0.2, 0) is 9.59 Å². The summed E-state index contributed by atoms with van der Waals surface area (Å²) in [6, 6.07) is -0.271. The van der Waals surface area contributed by atoms with Crippen LogP contribution < -0.4 is 5.32 Å². The Labute approximate surface area is 88.4 Å². The van der Waals surface area contributed by atoms with Crippen LogP contribution in [0.3, 0.4) is 0 Å². The van der Waals surface area contributed by atoms with Gasteiger partial charge in [0.15, 0.2) is 0 Å². The topological polar surface area (TPSA) is 66.4 Å². The van der Waals surface area contributed by atoms with Gasteiger partial charge in [0.25, 0.3) is 0 Å². The van der Waals surface area contributed by atoms with E-state index in [1.165, 1.54) is 11.8 Å². The normalized spacial score (nSPS) is 12.6. The largest absolute Gasteiger partial charge is 0.481 e. The van der Waals surface area contributed by atoms with Gasteiger partial charge in [-0.15, -0.1) is 0 Å². The Hall–Kier alpha value is -0.710. The molecule has 0 fully saturated rings. The molecule has 0 aromatic heterocycles. The van der Waals surface area contributed by atoms with Crippen LogP contribution in [0.15, 0.2) is 0 Å². The second kappa shape index (κ2) is 6.70. The van der Waals surface area contributed by atoms with E-state index in [4.69, 9.17) is 5.11 Å². The zero-order chi connectivity index (χ0) is 11.1. The molecular formula is C9H17NO3S. The maximum absolute atomic E-state index is 11.2. The highest BCUT2D eigenvalue weighted by molar-refractivity contribution is 7.99. The first-order valence-electron chi connectivity index (χ1n) is 4.47. The highest BCUT2D eigenvalue weighted by Gasteiger charge is 2.18. The predicted octanol–water partition coefficient (Wildman–Crippen LogP) is 0.965. The lowest BCUT2D eigenvalue weighted by molar-refractivity contribution is -0.138. The van der Waals surface area contributed by atoms with Crippen molar-refractivity contribution < 1.29 is 14.7 Å². The number of hydrogen-bond acceptors (Lipinski definition) is 3. The third-order valence-corrected chi connectivity index (χ3v) is 2.37. The number of carbonyl (C=O) groups is 2. The molecule has 0 aliphatic rings. The minimum Gasteiger partial charge on any atom is -0.481 e. The highest BCUT2D eigenvalue weighted by Crippen LogP contribution is 2.06. The Morgan fingerprint density at radius 1 is 1.43 bits per heavy atom. The van der Waals surface area contributed by atoms with Crippen molar-refractivity contribution in [3.8, 4) is 0 Å². The van der Waals surface area contributed by atoms with Crippen LogP contribution in [0.2, 0.25) is 0 Å². The number of nitrogens with one attached hydrogen (secondary N) is 1. The minimum atomic E-state index is -0.881. The first-order chi connectivity index (χ1) is 6.47. The quantitative estimate of drug-likeness (QED) is 0.698. The van der Waals surface area contributed by atoms with Crippen LogP contribution in [0.25, 0.3) is 0 Å². The average molecular weight is 219 g/mol. The van der Waals surface area contributed by atoms with Crippen LogP contribution in [0.5, 0.6) is 0 Å². The molecule has 1 amide bonds. The molecule has 0 aliphatic carbocycles. The predicted molar refractivity (Wildman–Crippen MR) is 57.4 cm³/mol. The third kappa shape index (κ3) is 5.85. The number of hydrogen-bond donors (Lipinski definition) is 2. The second-order valence-corrected chi connectivity index (χ2v) is 4.31. The Kier molecular flexibility index (Phi) is 6.36. The highest BCUT2D eigenvalue weighted by atomic mass is 32.2. The molecule has 2 N–H and O–H groups in total. The van der Waals surface area contributed by atoms with Crippen molar-refractivity contribution in [1.82, 2.24) is 5.32 Å². The maximum atomic E-state index is 11.2. The average Bonchev–Trinajstić information content (AvgIpc) is 2.02. The summed E-state index contributed by atoms with van der Waals surface area (Å²) in [5.74, 6) is -0.467. The summed E-state index contributed by atoms with van der Waals surface area (Å²) < 4.78 is 0. The smallest absolute Gasteiger partial charge is 0.305 e. The lowest BCUT2D eigenvalue weighted by atomic mass is 10.0. The number of carbonyl (C=O) groups excluding carboxylic acids is 1. The molecule has 82 valence electrons. The lowest BCUT2D eigenvalue weighted by Crippen LogP contribution is -2.40. The fraction of sp³-hybridized carbons (Fsp3) is 0.778. The molecule has 5 heteroatoms. The van der Waals surface area contributed by atoms with Crippen molar-refractivity contribution in [3.05, 3.63) is 0 Å². The maximum Gasteiger partial charge on any atom is 0.305 e. The van der Waals surface area contributed by atoms with Gasteiger partial charge in [-0.2, -0.15) is 11.8 Å². The van der Waals surface area contributed by atoms with Crippen LogP contribution in [0.1, 0.15) is 20.3 Å².